The summed E-state index contributed by atoms with van der Waals surface area (Å²) in [4.78, 5) is 26.1. The molecule has 2 aromatic rings. The predicted octanol–water partition coefficient (Wildman–Crippen LogP) is 3.55. The Hall–Kier alpha value is -2.33. The van der Waals surface area contributed by atoms with E-state index >= 15 is 0 Å². The molecule has 0 saturated carbocycles. The summed E-state index contributed by atoms with van der Waals surface area (Å²) in [7, 11) is 0. The van der Waals surface area contributed by atoms with Crippen LogP contribution < -0.4 is 5.32 Å². The van der Waals surface area contributed by atoms with Crippen molar-refractivity contribution in [2.75, 3.05) is 19.6 Å². The molecule has 0 spiro atoms. The maximum atomic E-state index is 12.3. The zero-order valence-electron chi connectivity index (χ0n) is 14.4. The lowest BCUT2D eigenvalue weighted by Crippen LogP contribution is -2.35. The number of carbonyl (C=O) groups is 2. The third kappa shape index (κ3) is 6.24. The molecule has 132 valence electrons. The number of hydrogen-bond donors (Lipinski definition) is 1. The van der Waals surface area contributed by atoms with Crippen molar-refractivity contribution in [1.82, 2.24) is 10.2 Å². The van der Waals surface area contributed by atoms with Crippen LogP contribution in [0.5, 0.6) is 0 Å². The second-order valence-corrected chi connectivity index (χ2v) is 6.16. The average molecular weight is 359 g/mol. The average Bonchev–Trinajstić information content (AvgIpc) is 2.63. The molecule has 1 N–H and O–H groups in total. The maximum Gasteiger partial charge on any atom is 0.251 e. The fraction of sp³-hybridized carbons (Fsp3) is 0.300. The van der Waals surface area contributed by atoms with Gasteiger partial charge in [0, 0.05) is 36.6 Å². The van der Waals surface area contributed by atoms with Crippen molar-refractivity contribution in [2.24, 2.45) is 0 Å². The molecule has 0 atom stereocenters. The van der Waals surface area contributed by atoms with Crippen LogP contribution in [0.4, 0.5) is 0 Å². The number of likely N-dealkylation sites (N-methyl/N-ethyl adjacent to an activating group) is 1. The normalized spacial score (nSPS) is 10.3. The van der Waals surface area contributed by atoms with Gasteiger partial charge in [-0.05, 0) is 43.2 Å². The van der Waals surface area contributed by atoms with Gasteiger partial charge in [0.2, 0.25) is 5.91 Å². The Labute approximate surface area is 153 Å². The maximum absolute atomic E-state index is 12.3. The van der Waals surface area contributed by atoms with Crippen LogP contribution in [0.25, 0.3) is 0 Å². The van der Waals surface area contributed by atoms with Crippen molar-refractivity contribution in [3.8, 4) is 0 Å². The number of benzene rings is 2. The summed E-state index contributed by atoms with van der Waals surface area (Å²) in [5.41, 5.74) is 1.75. The van der Waals surface area contributed by atoms with E-state index in [9.17, 15) is 9.59 Å². The van der Waals surface area contributed by atoms with Crippen LogP contribution in [0.15, 0.2) is 54.6 Å². The number of rotatable bonds is 8. The second-order valence-electron chi connectivity index (χ2n) is 5.72. The molecule has 0 aliphatic carbocycles. The van der Waals surface area contributed by atoms with Crippen molar-refractivity contribution >= 4 is 23.4 Å². The van der Waals surface area contributed by atoms with E-state index in [2.05, 4.69) is 17.4 Å². The smallest absolute Gasteiger partial charge is 0.251 e. The molecule has 2 rings (SSSR count). The Balaban J connectivity index is 1.75. The van der Waals surface area contributed by atoms with Gasteiger partial charge in [-0.25, -0.2) is 0 Å². The predicted molar refractivity (Wildman–Crippen MR) is 101 cm³/mol. The summed E-state index contributed by atoms with van der Waals surface area (Å²) < 4.78 is 0. The molecule has 0 bridgehead atoms. The molecule has 0 saturated heterocycles. The molecular weight excluding hydrogens is 336 g/mol. The van der Waals surface area contributed by atoms with Gasteiger partial charge in [-0.2, -0.15) is 0 Å². The summed E-state index contributed by atoms with van der Waals surface area (Å²) in [6.07, 6.45) is 1.12. The summed E-state index contributed by atoms with van der Waals surface area (Å²) >= 11 is 5.81. The van der Waals surface area contributed by atoms with E-state index in [0.29, 0.717) is 36.6 Å². The van der Waals surface area contributed by atoms with E-state index in [1.807, 2.05) is 30.0 Å². The summed E-state index contributed by atoms with van der Waals surface area (Å²) in [5, 5.41) is 3.36. The molecule has 25 heavy (non-hydrogen) atoms. The van der Waals surface area contributed by atoms with Crippen LogP contribution in [0.2, 0.25) is 5.02 Å². The van der Waals surface area contributed by atoms with Crippen molar-refractivity contribution in [3.63, 3.8) is 0 Å². The lowest BCUT2D eigenvalue weighted by atomic mass is 10.1. The summed E-state index contributed by atoms with van der Waals surface area (Å²) in [6, 6.07) is 16.8. The van der Waals surface area contributed by atoms with Crippen molar-refractivity contribution < 1.29 is 9.59 Å². The van der Waals surface area contributed by atoms with Gasteiger partial charge >= 0.3 is 0 Å². The molecule has 0 unspecified atom stereocenters. The quantitative estimate of drug-likeness (QED) is 0.784. The van der Waals surface area contributed by atoms with Gasteiger partial charge in [0.1, 0.15) is 0 Å². The molecule has 0 radical (unpaired) electrons. The Bertz CT molecular complexity index is 687. The van der Waals surface area contributed by atoms with Crippen LogP contribution in [0.1, 0.15) is 29.3 Å². The topological polar surface area (TPSA) is 49.4 Å². The van der Waals surface area contributed by atoms with E-state index in [1.165, 1.54) is 5.56 Å². The number of halogens is 1. The Morgan fingerprint density at radius 1 is 1.04 bits per heavy atom. The summed E-state index contributed by atoms with van der Waals surface area (Å²) in [5.74, 6) is -0.147. The fourth-order valence-electron chi connectivity index (χ4n) is 2.51. The van der Waals surface area contributed by atoms with E-state index in [4.69, 9.17) is 11.6 Å². The molecule has 0 aromatic heterocycles. The minimum absolute atomic E-state index is 0.0508. The largest absolute Gasteiger partial charge is 0.352 e. The lowest BCUT2D eigenvalue weighted by Gasteiger charge is -2.21. The molecular formula is C20H23ClN2O2. The Kier molecular flexibility index (Phi) is 7.48. The van der Waals surface area contributed by atoms with Gasteiger partial charge in [-0.1, -0.05) is 41.9 Å². The SMILES string of the molecule is CCN(CCc1ccccc1)C(=O)CCNC(=O)c1ccc(Cl)cc1. The molecule has 5 heteroatoms. The molecule has 2 amide bonds. The van der Waals surface area contributed by atoms with Gasteiger partial charge in [0.25, 0.3) is 5.91 Å². The van der Waals surface area contributed by atoms with E-state index in [0.717, 1.165) is 6.42 Å². The van der Waals surface area contributed by atoms with Crippen molar-refractivity contribution in [3.05, 3.63) is 70.7 Å². The Morgan fingerprint density at radius 3 is 2.36 bits per heavy atom. The van der Waals surface area contributed by atoms with Gasteiger partial charge in [-0.3, -0.25) is 9.59 Å². The number of carbonyl (C=O) groups excluding carboxylic acids is 2. The lowest BCUT2D eigenvalue weighted by molar-refractivity contribution is -0.130. The number of nitrogens with one attached hydrogen (secondary N) is 1. The zero-order chi connectivity index (χ0) is 18.1. The highest BCUT2D eigenvalue weighted by atomic mass is 35.5. The number of nitrogens with zero attached hydrogens (tertiary/aromatic N) is 1. The summed E-state index contributed by atoms with van der Waals surface area (Å²) in [6.45, 7) is 3.64. The second kappa shape index (κ2) is 9.84. The highest BCUT2D eigenvalue weighted by molar-refractivity contribution is 6.30. The Morgan fingerprint density at radius 2 is 1.72 bits per heavy atom. The van der Waals surface area contributed by atoms with Crippen LogP contribution in [-0.4, -0.2) is 36.3 Å². The first kappa shape index (κ1) is 19.0. The molecule has 0 fully saturated rings. The van der Waals surface area contributed by atoms with Gasteiger partial charge in [-0.15, -0.1) is 0 Å². The highest BCUT2D eigenvalue weighted by Crippen LogP contribution is 2.09. The third-order valence-electron chi connectivity index (χ3n) is 3.98. The zero-order valence-corrected chi connectivity index (χ0v) is 15.1. The fourth-order valence-corrected chi connectivity index (χ4v) is 2.64. The molecule has 0 heterocycles. The highest BCUT2D eigenvalue weighted by Gasteiger charge is 2.12. The van der Waals surface area contributed by atoms with Crippen LogP contribution in [0.3, 0.4) is 0 Å². The van der Waals surface area contributed by atoms with Crippen molar-refractivity contribution in [1.29, 1.82) is 0 Å². The minimum atomic E-state index is -0.197. The molecule has 0 aliphatic heterocycles. The number of amides is 2. The van der Waals surface area contributed by atoms with Crippen molar-refractivity contribution in [2.45, 2.75) is 19.8 Å². The van der Waals surface area contributed by atoms with Crippen LogP contribution >= 0.6 is 11.6 Å². The standard InChI is InChI=1S/C20H23ClN2O2/c1-2-23(15-13-16-6-4-3-5-7-16)19(24)12-14-22-20(25)17-8-10-18(21)11-9-17/h3-11H,2,12-15H2,1H3,(H,22,25). The molecule has 0 aliphatic rings. The van der Waals surface area contributed by atoms with Crippen LogP contribution in [-0.2, 0) is 11.2 Å². The minimum Gasteiger partial charge on any atom is -0.352 e. The first-order chi connectivity index (χ1) is 12.1. The van der Waals surface area contributed by atoms with Crippen LogP contribution in [0, 0.1) is 0 Å². The van der Waals surface area contributed by atoms with Gasteiger partial charge in [0.05, 0.1) is 0 Å². The van der Waals surface area contributed by atoms with E-state index in [-0.39, 0.29) is 11.8 Å². The van der Waals surface area contributed by atoms with Gasteiger partial charge < -0.3 is 10.2 Å². The first-order valence-corrected chi connectivity index (χ1v) is 8.83. The third-order valence-corrected chi connectivity index (χ3v) is 4.23. The monoisotopic (exact) mass is 358 g/mol. The number of hydrogen-bond acceptors (Lipinski definition) is 2. The van der Waals surface area contributed by atoms with E-state index in [1.54, 1.807) is 24.3 Å². The van der Waals surface area contributed by atoms with E-state index < -0.39 is 0 Å². The molecule has 2 aromatic carbocycles. The first-order valence-electron chi connectivity index (χ1n) is 8.45. The molecule has 4 nitrogen and oxygen atoms in total. The van der Waals surface area contributed by atoms with Gasteiger partial charge in [0.15, 0.2) is 0 Å².